The van der Waals surface area contributed by atoms with E-state index in [1.165, 1.54) is 4.88 Å². The van der Waals surface area contributed by atoms with Gasteiger partial charge in [-0.3, -0.25) is 0 Å². The fourth-order valence-electron chi connectivity index (χ4n) is 1.66. The van der Waals surface area contributed by atoms with Gasteiger partial charge in [0.05, 0.1) is 19.3 Å². The Morgan fingerprint density at radius 1 is 1.50 bits per heavy atom. The van der Waals surface area contributed by atoms with E-state index in [1.807, 2.05) is 17.5 Å². The average molecular weight is 273 g/mol. The first-order chi connectivity index (χ1) is 8.76. The summed E-state index contributed by atoms with van der Waals surface area (Å²) in [5, 5.41) is 23.8. The van der Waals surface area contributed by atoms with Gasteiger partial charge in [0.15, 0.2) is 0 Å². The molecule has 0 aliphatic carbocycles. The summed E-state index contributed by atoms with van der Waals surface area (Å²) in [6, 6.07) is 4.27. The van der Waals surface area contributed by atoms with E-state index in [1.54, 1.807) is 11.3 Å². The van der Waals surface area contributed by atoms with Crippen LogP contribution < -0.4 is 5.32 Å². The van der Waals surface area contributed by atoms with Gasteiger partial charge < -0.3 is 20.3 Å². The zero-order chi connectivity index (χ0) is 13.2. The minimum Gasteiger partial charge on any atom is -0.396 e. The lowest BCUT2D eigenvalue weighted by molar-refractivity contribution is 0.0281. The second kappa shape index (κ2) is 9.47. The maximum Gasteiger partial charge on any atom is 0.0897 e. The predicted octanol–water partition coefficient (Wildman–Crippen LogP) is 1.38. The van der Waals surface area contributed by atoms with Crippen LogP contribution in [0.4, 0.5) is 0 Å². The van der Waals surface area contributed by atoms with Gasteiger partial charge >= 0.3 is 0 Å². The Labute approximate surface area is 113 Å². The Morgan fingerprint density at radius 2 is 2.33 bits per heavy atom. The number of thiophene rings is 1. The SMILES string of the molecule is CCC(CCO)NCC(O)COCc1cccs1. The van der Waals surface area contributed by atoms with Gasteiger partial charge in [-0.05, 0) is 24.3 Å². The van der Waals surface area contributed by atoms with Gasteiger partial charge in [-0.2, -0.15) is 0 Å². The minimum absolute atomic E-state index is 0.177. The standard InChI is InChI=1S/C13H23NO3S/c1-2-11(5-6-15)14-8-12(16)9-17-10-13-4-3-7-18-13/h3-4,7,11-12,14-16H,2,5-6,8-10H2,1H3. The molecule has 0 saturated carbocycles. The Morgan fingerprint density at radius 3 is 2.94 bits per heavy atom. The summed E-state index contributed by atoms with van der Waals surface area (Å²) in [5.74, 6) is 0. The molecule has 1 heterocycles. The summed E-state index contributed by atoms with van der Waals surface area (Å²) >= 11 is 1.65. The summed E-state index contributed by atoms with van der Waals surface area (Å²) in [5.41, 5.74) is 0. The molecule has 1 rings (SSSR count). The highest BCUT2D eigenvalue weighted by atomic mass is 32.1. The molecule has 0 bridgehead atoms. The van der Waals surface area contributed by atoms with Crippen molar-refractivity contribution in [2.24, 2.45) is 0 Å². The molecule has 5 heteroatoms. The fraction of sp³-hybridized carbons (Fsp3) is 0.692. The molecule has 0 aromatic carbocycles. The third-order valence-electron chi connectivity index (χ3n) is 2.75. The van der Waals surface area contributed by atoms with Crippen LogP contribution in [0.5, 0.6) is 0 Å². The lowest BCUT2D eigenvalue weighted by atomic mass is 10.1. The molecule has 0 fully saturated rings. The topological polar surface area (TPSA) is 61.7 Å². The second-order valence-corrected chi connectivity index (χ2v) is 5.31. The Hall–Kier alpha value is -0.460. The maximum absolute atomic E-state index is 9.74. The first-order valence-corrected chi connectivity index (χ1v) is 7.26. The smallest absolute Gasteiger partial charge is 0.0897 e. The van der Waals surface area contributed by atoms with Gasteiger partial charge in [0.2, 0.25) is 0 Å². The van der Waals surface area contributed by atoms with Crippen molar-refractivity contribution in [1.29, 1.82) is 0 Å². The monoisotopic (exact) mass is 273 g/mol. The number of nitrogens with one attached hydrogen (secondary N) is 1. The third-order valence-corrected chi connectivity index (χ3v) is 3.60. The first-order valence-electron chi connectivity index (χ1n) is 6.38. The van der Waals surface area contributed by atoms with Gasteiger partial charge in [-0.1, -0.05) is 13.0 Å². The number of aliphatic hydroxyl groups excluding tert-OH is 2. The molecular formula is C13H23NO3S. The lowest BCUT2D eigenvalue weighted by Gasteiger charge is -2.18. The van der Waals surface area contributed by atoms with Crippen molar-refractivity contribution in [3.05, 3.63) is 22.4 Å². The van der Waals surface area contributed by atoms with Crippen LogP contribution in [0, 0.1) is 0 Å². The van der Waals surface area contributed by atoms with E-state index < -0.39 is 6.10 Å². The minimum atomic E-state index is -0.502. The molecule has 0 aliphatic rings. The molecule has 0 aliphatic heterocycles. The predicted molar refractivity (Wildman–Crippen MR) is 73.8 cm³/mol. The van der Waals surface area contributed by atoms with Crippen LogP contribution in [-0.2, 0) is 11.3 Å². The first kappa shape index (κ1) is 15.6. The Bertz CT molecular complexity index is 292. The molecule has 2 atom stereocenters. The van der Waals surface area contributed by atoms with E-state index in [2.05, 4.69) is 12.2 Å². The fourth-order valence-corrected chi connectivity index (χ4v) is 2.30. The van der Waals surface area contributed by atoms with Gasteiger partial charge in [0, 0.05) is 24.1 Å². The number of ether oxygens (including phenoxy) is 1. The Balaban J connectivity index is 2.07. The highest BCUT2D eigenvalue weighted by Gasteiger charge is 2.09. The van der Waals surface area contributed by atoms with Crippen LogP contribution in [0.25, 0.3) is 0 Å². The van der Waals surface area contributed by atoms with Gasteiger partial charge in [0.25, 0.3) is 0 Å². The molecule has 2 unspecified atom stereocenters. The number of hydrogen-bond donors (Lipinski definition) is 3. The molecular weight excluding hydrogens is 250 g/mol. The molecule has 104 valence electrons. The van der Waals surface area contributed by atoms with E-state index in [4.69, 9.17) is 9.84 Å². The third kappa shape index (κ3) is 6.47. The quantitative estimate of drug-likeness (QED) is 0.603. The van der Waals surface area contributed by atoms with Crippen LogP contribution in [-0.4, -0.2) is 42.1 Å². The van der Waals surface area contributed by atoms with E-state index >= 15 is 0 Å². The number of rotatable bonds is 10. The summed E-state index contributed by atoms with van der Waals surface area (Å²) in [6.45, 7) is 3.63. The van der Waals surface area contributed by atoms with E-state index in [-0.39, 0.29) is 12.6 Å². The van der Waals surface area contributed by atoms with Crippen molar-refractivity contribution in [3.63, 3.8) is 0 Å². The van der Waals surface area contributed by atoms with Crippen molar-refractivity contribution in [3.8, 4) is 0 Å². The van der Waals surface area contributed by atoms with Crippen LogP contribution in [0.3, 0.4) is 0 Å². The number of aliphatic hydroxyl groups is 2. The molecule has 1 aromatic rings. The highest BCUT2D eigenvalue weighted by Crippen LogP contribution is 2.09. The van der Waals surface area contributed by atoms with Crippen LogP contribution >= 0.6 is 11.3 Å². The second-order valence-electron chi connectivity index (χ2n) is 4.27. The molecule has 1 aromatic heterocycles. The summed E-state index contributed by atoms with van der Waals surface area (Å²) in [4.78, 5) is 1.17. The van der Waals surface area contributed by atoms with E-state index in [0.717, 1.165) is 12.8 Å². The summed E-state index contributed by atoms with van der Waals surface area (Å²) in [7, 11) is 0. The lowest BCUT2D eigenvalue weighted by Crippen LogP contribution is -2.37. The van der Waals surface area contributed by atoms with Gasteiger partial charge in [-0.15, -0.1) is 11.3 Å². The average Bonchev–Trinajstić information content (AvgIpc) is 2.87. The molecule has 3 N–H and O–H groups in total. The molecule has 0 radical (unpaired) electrons. The van der Waals surface area contributed by atoms with E-state index in [0.29, 0.717) is 19.8 Å². The van der Waals surface area contributed by atoms with Crippen molar-refractivity contribution in [2.45, 2.75) is 38.5 Å². The maximum atomic E-state index is 9.74. The highest BCUT2D eigenvalue weighted by molar-refractivity contribution is 7.09. The molecule has 0 spiro atoms. The van der Waals surface area contributed by atoms with Crippen LogP contribution in [0.2, 0.25) is 0 Å². The zero-order valence-electron chi connectivity index (χ0n) is 10.8. The normalized spacial score (nSPS) is 14.6. The van der Waals surface area contributed by atoms with Crippen molar-refractivity contribution in [2.75, 3.05) is 19.8 Å². The van der Waals surface area contributed by atoms with E-state index in [9.17, 15) is 5.11 Å². The van der Waals surface area contributed by atoms with Gasteiger partial charge in [-0.25, -0.2) is 0 Å². The van der Waals surface area contributed by atoms with Crippen molar-refractivity contribution >= 4 is 11.3 Å². The number of hydrogen-bond acceptors (Lipinski definition) is 5. The Kier molecular flexibility index (Phi) is 8.20. The molecule has 4 nitrogen and oxygen atoms in total. The zero-order valence-corrected chi connectivity index (χ0v) is 11.7. The van der Waals surface area contributed by atoms with Crippen LogP contribution in [0.1, 0.15) is 24.6 Å². The van der Waals surface area contributed by atoms with Crippen molar-refractivity contribution < 1.29 is 14.9 Å². The van der Waals surface area contributed by atoms with Crippen LogP contribution in [0.15, 0.2) is 17.5 Å². The van der Waals surface area contributed by atoms with Crippen molar-refractivity contribution in [1.82, 2.24) is 5.32 Å². The van der Waals surface area contributed by atoms with Gasteiger partial charge in [0.1, 0.15) is 0 Å². The summed E-state index contributed by atoms with van der Waals surface area (Å²) < 4.78 is 5.44. The largest absolute Gasteiger partial charge is 0.396 e. The summed E-state index contributed by atoms with van der Waals surface area (Å²) in [6.07, 6.45) is 1.17. The molecule has 0 amide bonds. The molecule has 0 saturated heterocycles. The molecule has 18 heavy (non-hydrogen) atoms.